The summed E-state index contributed by atoms with van der Waals surface area (Å²) in [6.45, 7) is 0. The molecule has 8 aromatic carbocycles. The van der Waals surface area contributed by atoms with Crippen LogP contribution in [0.25, 0.3) is 43.8 Å². The predicted molar refractivity (Wildman–Crippen MR) is 211 cm³/mol. The molecule has 2 heterocycles. The molecule has 52 heavy (non-hydrogen) atoms. The van der Waals surface area contributed by atoms with Crippen molar-refractivity contribution < 1.29 is 4.74 Å². The Bertz CT molecular complexity index is 2840. The zero-order chi connectivity index (χ0) is 34.0. The number of para-hydroxylation sites is 1. The molecule has 0 fully saturated rings. The van der Waals surface area contributed by atoms with Crippen LogP contribution in [-0.2, 0) is 5.41 Å². The van der Waals surface area contributed by atoms with Crippen LogP contribution in [0.15, 0.2) is 180 Å². The van der Waals surface area contributed by atoms with Gasteiger partial charge in [0.15, 0.2) is 11.9 Å². The highest BCUT2D eigenvalue weighted by atomic mass is 16.5. The quantitative estimate of drug-likeness (QED) is 0.173. The standard InChI is InChI=1S/C49H30N2O/c1-2-12-29(13-3-1)32-16-8-17-33(28-32)45-47-46(35-19-5-7-25-41(35)52-47)51-48(50-45)36-20-11-24-40-44(36)34-18-4-6-21-37(34)49(40)38-22-9-14-30-26-27-31-15-10-23-39(49)43(31)42(30)38/h1-28,46-47H. The van der Waals surface area contributed by atoms with Gasteiger partial charge in [-0.1, -0.05) is 158 Å². The fourth-order valence-corrected chi connectivity index (χ4v) is 9.75. The van der Waals surface area contributed by atoms with Crippen molar-refractivity contribution in [2.24, 2.45) is 9.98 Å². The molecule has 2 aliphatic heterocycles. The van der Waals surface area contributed by atoms with E-state index in [2.05, 4.69) is 164 Å². The van der Waals surface area contributed by atoms with E-state index in [0.29, 0.717) is 0 Å². The van der Waals surface area contributed by atoms with Gasteiger partial charge in [0.25, 0.3) is 0 Å². The first-order valence-electron chi connectivity index (χ1n) is 18.1. The minimum atomic E-state index is -0.442. The van der Waals surface area contributed by atoms with E-state index in [9.17, 15) is 0 Å². The number of hydrogen-bond acceptors (Lipinski definition) is 3. The maximum Gasteiger partial charge on any atom is 0.168 e. The summed E-state index contributed by atoms with van der Waals surface area (Å²) in [5, 5.41) is 5.29. The van der Waals surface area contributed by atoms with Crippen molar-refractivity contribution in [2.75, 3.05) is 0 Å². The van der Waals surface area contributed by atoms with E-state index in [1.54, 1.807) is 0 Å². The van der Waals surface area contributed by atoms with Gasteiger partial charge in [-0.25, -0.2) is 4.99 Å². The molecule has 1 spiro atoms. The largest absolute Gasteiger partial charge is 0.481 e. The summed E-state index contributed by atoms with van der Waals surface area (Å²) in [6, 6.07) is 61.4. The summed E-state index contributed by atoms with van der Waals surface area (Å²) in [5.74, 6) is 1.62. The first-order valence-corrected chi connectivity index (χ1v) is 18.1. The van der Waals surface area contributed by atoms with Crippen LogP contribution in [0, 0.1) is 0 Å². The lowest BCUT2D eigenvalue weighted by Crippen LogP contribution is -2.34. The van der Waals surface area contributed by atoms with Gasteiger partial charge in [0, 0.05) is 16.7 Å². The second kappa shape index (κ2) is 10.2. The third-order valence-corrected chi connectivity index (χ3v) is 11.8. The van der Waals surface area contributed by atoms with Crippen LogP contribution in [0.4, 0.5) is 0 Å². The molecule has 2 atom stereocenters. The lowest BCUT2D eigenvalue weighted by Gasteiger charge is -2.31. The van der Waals surface area contributed by atoms with Gasteiger partial charge in [-0.2, -0.15) is 0 Å². The Balaban J connectivity index is 1.12. The SMILES string of the molecule is c1ccc(-c2cccc(C3=NC(c4cccc5c4-c4ccccc4C54c5cccc6ccc7cccc4c7c56)=NC4c5ccccc5OC34)c2)cc1. The third-order valence-electron chi connectivity index (χ3n) is 11.8. The molecular formula is C49H30N2O. The topological polar surface area (TPSA) is 34.0 Å². The van der Waals surface area contributed by atoms with Crippen LogP contribution in [-0.4, -0.2) is 17.7 Å². The van der Waals surface area contributed by atoms with E-state index in [-0.39, 0.29) is 12.1 Å². The molecule has 4 aliphatic rings. The molecule has 8 aromatic rings. The lowest BCUT2D eigenvalue weighted by atomic mass is 9.70. The van der Waals surface area contributed by atoms with Crippen molar-refractivity contribution in [3.05, 3.63) is 209 Å². The second-order valence-corrected chi connectivity index (χ2v) is 14.3. The summed E-state index contributed by atoms with van der Waals surface area (Å²) in [6.07, 6.45) is -0.318. The fraction of sp³-hybridized carbons (Fsp3) is 0.0612. The van der Waals surface area contributed by atoms with Gasteiger partial charge in [-0.15, -0.1) is 0 Å². The van der Waals surface area contributed by atoms with Gasteiger partial charge in [0.2, 0.25) is 0 Å². The van der Waals surface area contributed by atoms with Crippen LogP contribution in [0.1, 0.15) is 45.0 Å². The Morgan fingerprint density at radius 2 is 1.10 bits per heavy atom. The summed E-state index contributed by atoms with van der Waals surface area (Å²) >= 11 is 0. The van der Waals surface area contributed by atoms with Crippen molar-refractivity contribution in [3.63, 3.8) is 0 Å². The van der Waals surface area contributed by atoms with Crippen LogP contribution in [0.5, 0.6) is 5.75 Å². The van der Waals surface area contributed by atoms with Gasteiger partial charge >= 0.3 is 0 Å². The van der Waals surface area contributed by atoms with E-state index in [4.69, 9.17) is 14.7 Å². The maximum absolute atomic E-state index is 6.70. The Morgan fingerprint density at radius 3 is 1.92 bits per heavy atom. The molecule has 0 amide bonds. The molecule has 3 nitrogen and oxygen atoms in total. The van der Waals surface area contributed by atoms with Crippen molar-refractivity contribution in [3.8, 4) is 28.0 Å². The summed E-state index contributed by atoms with van der Waals surface area (Å²) in [7, 11) is 0. The van der Waals surface area contributed by atoms with Gasteiger partial charge in [0.1, 0.15) is 11.8 Å². The smallest absolute Gasteiger partial charge is 0.168 e. The predicted octanol–water partition coefficient (Wildman–Crippen LogP) is 11.1. The van der Waals surface area contributed by atoms with Gasteiger partial charge in [0.05, 0.1) is 11.1 Å². The Morgan fingerprint density at radius 1 is 0.481 bits per heavy atom. The number of amidine groups is 1. The van der Waals surface area contributed by atoms with Crippen LogP contribution >= 0.6 is 0 Å². The molecule has 2 aliphatic carbocycles. The Hall–Kier alpha value is -6.58. The van der Waals surface area contributed by atoms with E-state index in [0.717, 1.165) is 39.6 Å². The molecule has 0 radical (unpaired) electrons. The van der Waals surface area contributed by atoms with Gasteiger partial charge in [-0.3, -0.25) is 4.99 Å². The zero-order valence-electron chi connectivity index (χ0n) is 28.1. The minimum Gasteiger partial charge on any atom is -0.481 e. The van der Waals surface area contributed by atoms with Crippen molar-refractivity contribution in [2.45, 2.75) is 17.6 Å². The van der Waals surface area contributed by atoms with Crippen LogP contribution in [0.3, 0.4) is 0 Å². The number of benzene rings is 8. The molecule has 2 unspecified atom stereocenters. The number of rotatable bonds is 3. The second-order valence-electron chi connectivity index (χ2n) is 14.3. The summed E-state index contributed by atoms with van der Waals surface area (Å²) in [5.41, 5.74) is 13.8. The molecule has 242 valence electrons. The normalized spacial score (nSPS) is 18.2. The molecule has 12 rings (SSSR count). The molecule has 0 bridgehead atoms. The lowest BCUT2D eigenvalue weighted by molar-refractivity contribution is 0.275. The van der Waals surface area contributed by atoms with Gasteiger partial charge < -0.3 is 4.74 Å². The summed E-state index contributed by atoms with van der Waals surface area (Å²) in [4.78, 5) is 11.0. The van der Waals surface area contributed by atoms with Gasteiger partial charge in [-0.05, 0) is 78.2 Å². The molecule has 0 saturated heterocycles. The average Bonchev–Trinajstić information content (AvgIpc) is 3.85. The maximum atomic E-state index is 6.70. The van der Waals surface area contributed by atoms with E-state index >= 15 is 0 Å². The van der Waals surface area contributed by atoms with Crippen LogP contribution < -0.4 is 4.74 Å². The molecule has 0 N–H and O–H groups in total. The number of aliphatic imine (C=N–C) groups is 2. The van der Waals surface area contributed by atoms with E-state index < -0.39 is 5.41 Å². The third kappa shape index (κ3) is 3.55. The van der Waals surface area contributed by atoms with Crippen molar-refractivity contribution >= 4 is 33.1 Å². The van der Waals surface area contributed by atoms with Crippen molar-refractivity contribution in [1.82, 2.24) is 0 Å². The molecule has 0 saturated carbocycles. The zero-order valence-corrected chi connectivity index (χ0v) is 28.1. The number of hydrogen-bond donors (Lipinski definition) is 0. The molecule has 3 heteroatoms. The fourth-order valence-electron chi connectivity index (χ4n) is 9.75. The Labute approximate surface area is 301 Å². The molecular weight excluding hydrogens is 633 g/mol. The Kier molecular flexibility index (Phi) is 5.55. The highest BCUT2D eigenvalue weighted by Crippen LogP contribution is 2.63. The number of ether oxygens (including phenoxy) is 1. The number of fused-ring (bicyclic) bond motifs is 10. The molecule has 0 aromatic heterocycles. The van der Waals surface area contributed by atoms with Crippen LogP contribution in [0.2, 0.25) is 0 Å². The monoisotopic (exact) mass is 662 g/mol. The summed E-state index contributed by atoms with van der Waals surface area (Å²) < 4.78 is 6.70. The first-order chi connectivity index (χ1) is 25.8. The van der Waals surface area contributed by atoms with E-state index in [1.165, 1.54) is 60.5 Å². The van der Waals surface area contributed by atoms with E-state index in [1.807, 2.05) is 6.07 Å². The van der Waals surface area contributed by atoms with Crippen molar-refractivity contribution in [1.29, 1.82) is 0 Å². The minimum absolute atomic E-state index is 0.209. The average molecular weight is 663 g/mol. The first kappa shape index (κ1) is 28.2. The highest BCUT2D eigenvalue weighted by Gasteiger charge is 2.52. The number of nitrogens with zero attached hydrogens (tertiary/aromatic N) is 2. The highest BCUT2D eigenvalue weighted by molar-refractivity contribution is 6.21.